The molecule has 1 aliphatic heterocycles. The van der Waals surface area contributed by atoms with Crippen LogP contribution in [0.15, 0.2) is 48.5 Å². The molecule has 3 aromatic rings. The molecule has 1 amide bonds. The third-order valence-electron chi connectivity index (χ3n) is 4.43. The van der Waals surface area contributed by atoms with Crippen molar-refractivity contribution < 1.29 is 14.3 Å². The zero-order valence-corrected chi connectivity index (χ0v) is 15.7. The smallest absolute Gasteiger partial charge is 0.276 e. The Morgan fingerprint density at radius 2 is 1.68 bits per heavy atom. The van der Waals surface area contributed by atoms with Gasteiger partial charge in [0.15, 0.2) is 23.0 Å². The molecule has 0 fully saturated rings. The van der Waals surface area contributed by atoms with Crippen LogP contribution in [0.5, 0.6) is 11.5 Å². The number of carbonyl (C=O) groups excluding carboxylic acids is 1. The second-order valence-corrected chi connectivity index (χ2v) is 6.51. The Kier molecular flexibility index (Phi) is 4.80. The fourth-order valence-electron chi connectivity index (χ4n) is 2.98. The summed E-state index contributed by atoms with van der Waals surface area (Å²) in [6, 6.07) is 14.7. The third-order valence-corrected chi connectivity index (χ3v) is 4.43. The number of hydrogen-bond donors (Lipinski definition) is 2. The van der Waals surface area contributed by atoms with E-state index in [1.807, 2.05) is 32.0 Å². The van der Waals surface area contributed by atoms with Crippen molar-refractivity contribution in [1.29, 1.82) is 0 Å². The van der Waals surface area contributed by atoms with Crippen LogP contribution in [-0.4, -0.2) is 29.3 Å². The maximum Gasteiger partial charge on any atom is 0.276 e. The number of para-hydroxylation sites is 1. The van der Waals surface area contributed by atoms with E-state index in [1.165, 1.54) is 0 Å². The standard InChI is InChI=1S/C21H20N4O3/c1-13-4-3-5-14(2)20(13)23-19-9-7-16(24-25-19)21(26)22-15-6-8-17-18(12-15)28-11-10-27-17/h3-9,12H,10-11H2,1-2H3,(H,22,26)(H,23,25). The van der Waals surface area contributed by atoms with Crippen molar-refractivity contribution in [2.75, 3.05) is 23.8 Å². The normalized spacial score (nSPS) is 12.4. The predicted molar refractivity (Wildman–Crippen MR) is 107 cm³/mol. The molecule has 2 aromatic carbocycles. The zero-order valence-electron chi connectivity index (χ0n) is 15.7. The van der Waals surface area contributed by atoms with E-state index >= 15 is 0 Å². The topological polar surface area (TPSA) is 85.4 Å². The highest BCUT2D eigenvalue weighted by molar-refractivity contribution is 6.03. The summed E-state index contributed by atoms with van der Waals surface area (Å²) in [5.74, 6) is 1.52. The molecule has 2 N–H and O–H groups in total. The van der Waals surface area contributed by atoms with Gasteiger partial charge in [-0.2, -0.15) is 0 Å². The van der Waals surface area contributed by atoms with Crippen LogP contribution in [0, 0.1) is 13.8 Å². The number of benzene rings is 2. The van der Waals surface area contributed by atoms with Gasteiger partial charge in [0.2, 0.25) is 0 Å². The molecule has 0 radical (unpaired) electrons. The second-order valence-electron chi connectivity index (χ2n) is 6.51. The summed E-state index contributed by atoms with van der Waals surface area (Å²) in [4.78, 5) is 12.5. The summed E-state index contributed by atoms with van der Waals surface area (Å²) in [6.07, 6.45) is 0. The Labute approximate surface area is 162 Å². The van der Waals surface area contributed by atoms with Crippen molar-refractivity contribution in [3.05, 3.63) is 65.4 Å². The number of fused-ring (bicyclic) bond motifs is 1. The maximum absolute atomic E-state index is 12.5. The number of nitrogens with one attached hydrogen (secondary N) is 2. The number of hydrogen-bond acceptors (Lipinski definition) is 6. The molecule has 0 saturated carbocycles. The molecular formula is C21H20N4O3. The average Bonchev–Trinajstić information content (AvgIpc) is 2.71. The number of carbonyl (C=O) groups is 1. The van der Waals surface area contributed by atoms with Crippen molar-refractivity contribution in [1.82, 2.24) is 10.2 Å². The van der Waals surface area contributed by atoms with Gasteiger partial charge in [0.1, 0.15) is 13.2 Å². The molecule has 142 valence electrons. The molecule has 1 aliphatic rings. The highest BCUT2D eigenvalue weighted by atomic mass is 16.6. The number of ether oxygens (including phenoxy) is 2. The lowest BCUT2D eigenvalue weighted by atomic mass is 10.1. The predicted octanol–water partition coefficient (Wildman–Crippen LogP) is 3.86. The minimum Gasteiger partial charge on any atom is -0.486 e. The zero-order chi connectivity index (χ0) is 19.5. The summed E-state index contributed by atoms with van der Waals surface area (Å²) < 4.78 is 11.0. The van der Waals surface area contributed by atoms with E-state index in [4.69, 9.17) is 9.47 Å². The third kappa shape index (κ3) is 3.73. The van der Waals surface area contributed by atoms with Gasteiger partial charge >= 0.3 is 0 Å². The van der Waals surface area contributed by atoms with Crippen LogP contribution in [0.1, 0.15) is 21.6 Å². The van der Waals surface area contributed by atoms with E-state index in [2.05, 4.69) is 20.8 Å². The molecule has 1 aromatic heterocycles. The molecule has 0 saturated heterocycles. The Bertz CT molecular complexity index is 998. The molecule has 0 bridgehead atoms. The first-order valence-electron chi connectivity index (χ1n) is 8.98. The van der Waals surface area contributed by atoms with Gasteiger partial charge in [0.25, 0.3) is 5.91 Å². The lowest BCUT2D eigenvalue weighted by molar-refractivity contribution is 0.102. The first-order valence-corrected chi connectivity index (χ1v) is 8.98. The fourth-order valence-corrected chi connectivity index (χ4v) is 2.98. The molecule has 0 atom stereocenters. The van der Waals surface area contributed by atoms with Crippen LogP contribution < -0.4 is 20.1 Å². The summed E-state index contributed by atoms with van der Waals surface area (Å²) in [5, 5.41) is 14.2. The maximum atomic E-state index is 12.5. The Hall–Kier alpha value is -3.61. The van der Waals surface area contributed by atoms with Crippen LogP contribution in [0.2, 0.25) is 0 Å². The summed E-state index contributed by atoms with van der Waals surface area (Å²) in [7, 11) is 0. The SMILES string of the molecule is Cc1cccc(C)c1Nc1ccc(C(=O)Nc2ccc3c(c2)OCCO3)nn1. The first kappa shape index (κ1) is 17.8. The lowest BCUT2D eigenvalue weighted by Gasteiger charge is -2.18. The van der Waals surface area contributed by atoms with Crippen molar-refractivity contribution >= 4 is 23.1 Å². The van der Waals surface area contributed by atoms with Crippen molar-refractivity contribution in [3.63, 3.8) is 0 Å². The Morgan fingerprint density at radius 3 is 2.39 bits per heavy atom. The molecule has 2 heterocycles. The van der Waals surface area contributed by atoms with E-state index in [-0.39, 0.29) is 11.6 Å². The average molecular weight is 376 g/mol. The lowest BCUT2D eigenvalue weighted by Crippen LogP contribution is -2.17. The molecule has 7 nitrogen and oxygen atoms in total. The van der Waals surface area contributed by atoms with Crippen LogP contribution in [0.3, 0.4) is 0 Å². The molecular weight excluding hydrogens is 356 g/mol. The van der Waals surface area contributed by atoms with Gasteiger partial charge in [-0.05, 0) is 49.2 Å². The van der Waals surface area contributed by atoms with Gasteiger partial charge in [0, 0.05) is 17.4 Å². The van der Waals surface area contributed by atoms with Gasteiger partial charge in [-0.15, -0.1) is 10.2 Å². The fraction of sp³-hybridized carbons (Fsp3) is 0.190. The number of nitrogens with zero attached hydrogens (tertiary/aromatic N) is 2. The summed E-state index contributed by atoms with van der Waals surface area (Å²) in [5.41, 5.74) is 4.05. The van der Waals surface area contributed by atoms with E-state index in [1.54, 1.807) is 30.3 Å². The van der Waals surface area contributed by atoms with Crippen LogP contribution in [0.25, 0.3) is 0 Å². The van der Waals surface area contributed by atoms with Gasteiger partial charge < -0.3 is 20.1 Å². The molecule has 0 unspecified atom stereocenters. The van der Waals surface area contributed by atoms with Gasteiger partial charge in [-0.3, -0.25) is 4.79 Å². The van der Waals surface area contributed by atoms with Crippen LogP contribution in [-0.2, 0) is 0 Å². The van der Waals surface area contributed by atoms with E-state index < -0.39 is 0 Å². The van der Waals surface area contributed by atoms with E-state index in [0.717, 1.165) is 16.8 Å². The molecule has 28 heavy (non-hydrogen) atoms. The quantitative estimate of drug-likeness (QED) is 0.719. The second kappa shape index (κ2) is 7.56. The number of rotatable bonds is 4. The minimum atomic E-state index is -0.345. The highest BCUT2D eigenvalue weighted by Crippen LogP contribution is 2.32. The number of amides is 1. The molecule has 0 spiro atoms. The number of aromatic nitrogens is 2. The number of aryl methyl sites for hydroxylation is 2. The number of anilines is 3. The van der Waals surface area contributed by atoms with Gasteiger partial charge in [0.05, 0.1) is 0 Å². The van der Waals surface area contributed by atoms with Crippen LogP contribution in [0.4, 0.5) is 17.2 Å². The monoisotopic (exact) mass is 376 g/mol. The summed E-state index contributed by atoms with van der Waals surface area (Å²) >= 11 is 0. The molecule has 4 rings (SSSR count). The Balaban J connectivity index is 1.45. The highest BCUT2D eigenvalue weighted by Gasteiger charge is 2.14. The first-order chi connectivity index (χ1) is 13.6. The summed E-state index contributed by atoms with van der Waals surface area (Å²) in [6.45, 7) is 5.07. The van der Waals surface area contributed by atoms with E-state index in [9.17, 15) is 4.79 Å². The van der Waals surface area contributed by atoms with Crippen molar-refractivity contribution in [2.24, 2.45) is 0 Å². The molecule has 7 heteroatoms. The molecule has 0 aliphatic carbocycles. The van der Waals surface area contributed by atoms with Crippen molar-refractivity contribution in [2.45, 2.75) is 13.8 Å². The van der Waals surface area contributed by atoms with Gasteiger partial charge in [-0.25, -0.2) is 0 Å². The Morgan fingerprint density at radius 1 is 0.929 bits per heavy atom. The largest absolute Gasteiger partial charge is 0.486 e. The van der Waals surface area contributed by atoms with Crippen molar-refractivity contribution in [3.8, 4) is 11.5 Å². The van der Waals surface area contributed by atoms with Crippen LogP contribution >= 0.6 is 0 Å². The van der Waals surface area contributed by atoms with E-state index in [0.29, 0.717) is 36.2 Å². The minimum absolute atomic E-state index is 0.224. The van der Waals surface area contributed by atoms with Gasteiger partial charge in [-0.1, -0.05) is 18.2 Å².